The molecule has 2 aromatic carbocycles. The number of fused-ring (bicyclic) bond motifs is 1. The van der Waals surface area contributed by atoms with Crippen LogP contribution in [-0.4, -0.2) is 4.98 Å². The Labute approximate surface area is 120 Å². The van der Waals surface area contributed by atoms with E-state index >= 15 is 0 Å². The standard InChI is InChI=1S/C19H19N/c1-12-5-7-16-11-15(4)19(20-18(16)9-12)17-8-6-13(2)14(3)10-17/h5-11H,1-4H3. The number of nitrogens with zero attached hydrogens (tertiary/aromatic N) is 1. The van der Waals surface area contributed by atoms with E-state index in [0.717, 1.165) is 11.2 Å². The van der Waals surface area contributed by atoms with Crippen LogP contribution in [0.1, 0.15) is 22.3 Å². The van der Waals surface area contributed by atoms with Crippen LogP contribution in [0.25, 0.3) is 22.2 Å². The van der Waals surface area contributed by atoms with Gasteiger partial charge in [0.05, 0.1) is 11.2 Å². The monoisotopic (exact) mass is 261 g/mol. The van der Waals surface area contributed by atoms with Crippen molar-refractivity contribution in [3.63, 3.8) is 0 Å². The lowest BCUT2D eigenvalue weighted by Gasteiger charge is -2.10. The van der Waals surface area contributed by atoms with Crippen LogP contribution in [0.3, 0.4) is 0 Å². The molecule has 3 aromatic rings. The Morgan fingerprint density at radius 1 is 0.700 bits per heavy atom. The van der Waals surface area contributed by atoms with Gasteiger partial charge in [-0.1, -0.05) is 24.3 Å². The van der Waals surface area contributed by atoms with Crippen molar-refractivity contribution in [1.82, 2.24) is 4.98 Å². The molecule has 0 bridgehead atoms. The third-order valence-electron chi connectivity index (χ3n) is 3.94. The highest BCUT2D eigenvalue weighted by Crippen LogP contribution is 2.27. The van der Waals surface area contributed by atoms with Crippen LogP contribution >= 0.6 is 0 Å². The maximum absolute atomic E-state index is 4.88. The molecule has 100 valence electrons. The van der Waals surface area contributed by atoms with Gasteiger partial charge >= 0.3 is 0 Å². The van der Waals surface area contributed by atoms with Gasteiger partial charge in [0.25, 0.3) is 0 Å². The molecule has 1 heterocycles. The third-order valence-corrected chi connectivity index (χ3v) is 3.94. The minimum absolute atomic E-state index is 1.07. The van der Waals surface area contributed by atoms with Gasteiger partial charge in [-0.3, -0.25) is 0 Å². The van der Waals surface area contributed by atoms with E-state index in [9.17, 15) is 0 Å². The van der Waals surface area contributed by atoms with Gasteiger partial charge in [0.1, 0.15) is 0 Å². The average Bonchev–Trinajstić information content (AvgIpc) is 2.42. The Balaban J connectivity index is 2.24. The molecule has 0 atom stereocenters. The molecular weight excluding hydrogens is 242 g/mol. The fourth-order valence-corrected chi connectivity index (χ4v) is 2.56. The van der Waals surface area contributed by atoms with E-state index in [4.69, 9.17) is 4.98 Å². The maximum Gasteiger partial charge on any atom is 0.0738 e. The lowest BCUT2D eigenvalue weighted by molar-refractivity contribution is 1.29. The van der Waals surface area contributed by atoms with Crippen molar-refractivity contribution in [3.8, 4) is 11.3 Å². The molecule has 0 spiro atoms. The zero-order valence-electron chi connectivity index (χ0n) is 12.5. The Kier molecular flexibility index (Phi) is 3.06. The Morgan fingerprint density at radius 2 is 1.50 bits per heavy atom. The first-order valence-corrected chi connectivity index (χ1v) is 7.00. The molecule has 1 heteroatoms. The molecule has 0 radical (unpaired) electrons. The SMILES string of the molecule is Cc1ccc2cc(C)c(-c3ccc(C)c(C)c3)nc2c1. The normalized spacial score (nSPS) is 11.0. The van der Waals surface area contributed by atoms with Crippen molar-refractivity contribution >= 4 is 10.9 Å². The maximum atomic E-state index is 4.88. The number of hydrogen-bond acceptors (Lipinski definition) is 1. The number of rotatable bonds is 1. The van der Waals surface area contributed by atoms with Crippen molar-refractivity contribution in [2.45, 2.75) is 27.7 Å². The van der Waals surface area contributed by atoms with Gasteiger partial charge in [-0.05, 0) is 68.1 Å². The van der Waals surface area contributed by atoms with E-state index < -0.39 is 0 Å². The summed E-state index contributed by atoms with van der Waals surface area (Å²) in [5.41, 5.74) is 8.48. The first kappa shape index (κ1) is 12.9. The van der Waals surface area contributed by atoms with Crippen LogP contribution in [0.15, 0.2) is 42.5 Å². The Morgan fingerprint density at radius 3 is 2.25 bits per heavy atom. The van der Waals surface area contributed by atoms with Crippen molar-refractivity contribution in [1.29, 1.82) is 0 Å². The quantitative estimate of drug-likeness (QED) is 0.591. The smallest absolute Gasteiger partial charge is 0.0738 e. The molecule has 1 aromatic heterocycles. The summed E-state index contributed by atoms with van der Waals surface area (Å²) in [7, 11) is 0. The summed E-state index contributed by atoms with van der Waals surface area (Å²) in [6.07, 6.45) is 0. The molecule has 0 saturated carbocycles. The third kappa shape index (κ3) is 2.20. The van der Waals surface area contributed by atoms with Gasteiger partial charge in [-0.15, -0.1) is 0 Å². The minimum Gasteiger partial charge on any atom is -0.248 e. The molecule has 0 N–H and O–H groups in total. The van der Waals surface area contributed by atoms with E-state index in [0.29, 0.717) is 0 Å². The highest BCUT2D eigenvalue weighted by Gasteiger charge is 2.07. The highest BCUT2D eigenvalue weighted by molar-refractivity contribution is 5.84. The molecule has 0 saturated heterocycles. The molecule has 0 aliphatic carbocycles. The van der Waals surface area contributed by atoms with Crippen molar-refractivity contribution in [2.75, 3.05) is 0 Å². The summed E-state index contributed by atoms with van der Waals surface area (Å²) >= 11 is 0. The fraction of sp³-hybridized carbons (Fsp3) is 0.211. The molecule has 0 fully saturated rings. The zero-order chi connectivity index (χ0) is 14.3. The van der Waals surface area contributed by atoms with Gasteiger partial charge in [0.2, 0.25) is 0 Å². The number of pyridine rings is 1. The predicted octanol–water partition coefficient (Wildman–Crippen LogP) is 5.14. The molecule has 20 heavy (non-hydrogen) atoms. The summed E-state index contributed by atoms with van der Waals surface area (Å²) < 4.78 is 0. The Hall–Kier alpha value is -2.15. The number of benzene rings is 2. The largest absolute Gasteiger partial charge is 0.248 e. The van der Waals surface area contributed by atoms with Crippen LogP contribution in [0.2, 0.25) is 0 Å². The van der Waals surface area contributed by atoms with Crippen molar-refractivity contribution in [3.05, 3.63) is 64.7 Å². The number of aryl methyl sites for hydroxylation is 4. The van der Waals surface area contributed by atoms with Crippen LogP contribution in [0.5, 0.6) is 0 Å². The van der Waals surface area contributed by atoms with E-state index in [-0.39, 0.29) is 0 Å². The summed E-state index contributed by atoms with van der Waals surface area (Å²) in [5, 5.41) is 1.21. The number of hydrogen-bond donors (Lipinski definition) is 0. The summed E-state index contributed by atoms with van der Waals surface area (Å²) in [6, 6.07) is 15.2. The topological polar surface area (TPSA) is 12.9 Å². The molecule has 3 rings (SSSR count). The zero-order valence-corrected chi connectivity index (χ0v) is 12.5. The predicted molar refractivity (Wildman–Crippen MR) is 86.1 cm³/mol. The second-order valence-electron chi connectivity index (χ2n) is 5.65. The highest BCUT2D eigenvalue weighted by atomic mass is 14.7. The van der Waals surface area contributed by atoms with Gasteiger partial charge in [0.15, 0.2) is 0 Å². The summed E-state index contributed by atoms with van der Waals surface area (Å²) in [4.78, 5) is 4.88. The van der Waals surface area contributed by atoms with Gasteiger partial charge in [-0.2, -0.15) is 0 Å². The van der Waals surface area contributed by atoms with Crippen LogP contribution in [0.4, 0.5) is 0 Å². The van der Waals surface area contributed by atoms with Crippen molar-refractivity contribution < 1.29 is 0 Å². The number of aromatic nitrogens is 1. The van der Waals surface area contributed by atoms with Gasteiger partial charge in [0, 0.05) is 10.9 Å². The second-order valence-corrected chi connectivity index (χ2v) is 5.65. The molecule has 0 aliphatic heterocycles. The minimum atomic E-state index is 1.07. The van der Waals surface area contributed by atoms with Gasteiger partial charge in [-0.25, -0.2) is 4.98 Å². The van der Waals surface area contributed by atoms with E-state index in [1.807, 2.05) is 0 Å². The van der Waals surface area contributed by atoms with Gasteiger partial charge < -0.3 is 0 Å². The van der Waals surface area contributed by atoms with Crippen LogP contribution in [-0.2, 0) is 0 Å². The first-order chi connectivity index (χ1) is 9.54. The summed E-state index contributed by atoms with van der Waals surface area (Å²) in [5.74, 6) is 0. The average molecular weight is 261 g/mol. The fourth-order valence-electron chi connectivity index (χ4n) is 2.56. The molecule has 1 nitrogen and oxygen atoms in total. The van der Waals surface area contributed by atoms with E-state index in [2.05, 4.69) is 70.2 Å². The van der Waals surface area contributed by atoms with Crippen LogP contribution < -0.4 is 0 Å². The first-order valence-electron chi connectivity index (χ1n) is 7.00. The van der Waals surface area contributed by atoms with Crippen molar-refractivity contribution in [2.24, 2.45) is 0 Å². The second kappa shape index (κ2) is 4.75. The lowest BCUT2D eigenvalue weighted by atomic mass is 10.00. The molecule has 0 amide bonds. The molecular formula is C19H19N. The van der Waals surface area contributed by atoms with Crippen LogP contribution in [0, 0.1) is 27.7 Å². The van der Waals surface area contributed by atoms with E-state index in [1.165, 1.54) is 33.2 Å². The van der Waals surface area contributed by atoms with E-state index in [1.54, 1.807) is 0 Å². The Bertz CT molecular complexity index is 800. The molecule has 0 aliphatic rings. The lowest BCUT2D eigenvalue weighted by Crippen LogP contribution is -1.92. The summed E-state index contributed by atoms with van der Waals surface area (Å²) in [6.45, 7) is 8.54. The molecule has 0 unspecified atom stereocenters.